The number of hydrogen-bond acceptors (Lipinski definition) is 2. The van der Waals surface area contributed by atoms with Gasteiger partial charge >= 0.3 is 0 Å². The van der Waals surface area contributed by atoms with Crippen LogP contribution in [0.5, 0.6) is 0 Å². The Balaban J connectivity index is 1.27. The van der Waals surface area contributed by atoms with E-state index in [1.165, 1.54) is 5.56 Å². The lowest BCUT2D eigenvalue weighted by Crippen LogP contribution is -2.20. The van der Waals surface area contributed by atoms with Crippen molar-refractivity contribution < 1.29 is 9.18 Å². The number of carbonyl (C=O) groups excluding carboxylic acids is 1. The zero-order valence-electron chi connectivity index (χ0n) is 16.5. The molecular weight excluding hydrogens is 512 g/mol. The summed E-state index contributed by atoms with van der Waals surface area (Å²) in [6.07, 6.45) is 7.62. The van der Waals surface area contributed by atoms with Crippen LogP contribution in [-0.2, 0) is 11.2 Å². The zero-order chi connectivity index (χ0) is 20.9. The Hall–Kier alpha value is -1.53. The van der Waals surface area contributed by atoms with E-state index in [0.717, 1.165) is 48.6 Å². The van der Waals surface area contributed by atoms with Crippen molar-refractivity contribution in [1.82, 2.24) is 4.98 Å². The van der Waals surface area contributed by atoms with Crippen molar-refractivity contribution in [2.45, 2.75) is 44.4 Å². The first-order valence-corrected chi connectivity index (χ1v) is 11.9. The first-order chi connectivity index (χ1) is 14.4. The number of pyridine rings is 1. The van der Waals surface area contributed by atoms with Crippen molar-refractivity contribution >= 4 is 50.9 Å². The maximum absolute atomic E-state index is 14.2. The maximum atomic E-state index is 14.2. The van der Waals surface area contributed by atoms with Crippen LogP contribution in [0, 0.1) is 20.7 Å². The van der Waals surface area contributed by atoms with E-state index in [0.29, 0.717) is 26.7 Å². The number of benzene rings is 2. The molecule has 0 bridgehead atoms. The normalized spacial score (nSPS) is 25.6. The Morgan fingerprint density at radius 3 is 2.63 bits per heavy atom. The molecule has 3 aromatic rings. The summed E-state index contributed by atoms with van der Waals surface area (Å²) in [5.74, 6) is 0.789. The molecule has 2 aliphatic rings. The van der Waals surface area contributed by atoms with Crippen molar-refractivity contribution in [3.05, 3.63) is 74.2 Å². The quantitative estimate of drug-likeness (QED) is 0.335. The third-order valence-corrected chi connectivity index (χ3v) is 8.19. The van der Waals surface area contributed by atoms with Crippen molar-refractivity contribution in [3.63, 3.8) is 0 Å². The number of rotatable bonds is 4. The topological polar surface area (TPSA) is 30.0 Å². The first kappa shape index (κ1) is 20.4. The van der Waals surface area contributed by atoms with Gasteiger partial charge < -0.3 is 0 Å². The molecule has 0 amide bonds. The van der Waals surface area contributed by atoms with Gasteiger partial charge in [-0.2, -0.15) is 0 Å². The van der Waals surface area contributed by atoms with Crippen LogP contribution in [0.2, 0.25) is 5.02 Å². The van der Waals surface area contributed by atoms with E-state index >= 15 is 0 Å². The highest BCUT2D eigenvalue weighted by molar-refractivity contribution is 14.1. The molecule has 0 saturated heterocycles. The van der Waals surface area contributed by atoms with Crippen LogP contribution in [0.4, 0.5) is 4.39 Å². The van der Waals surface area contributed by atoms with Gasteiger partial charge in [0, 0.05) is 28.9 Å². The van der Waals surface area contributed by atoms with Crippen molar-refractivity contribution in [3.8, 4) is 0 Å². The average Bonchev–Trinajstić information content (AvgIpc) is 3.44. The van der Waals surface area contributed by atoms with Gasteiger partial charge in [0.1, 0.15) is 11.6 Å². The van der Waals surface area contributed by atoms with Crippen LogP contribution in [0.3, 0.4) is 0 Å². The number of carbonyl (C=O) groups is 1. The van der Waals surface area contributed by atoms with Gasteiger partial charge in [0.25, 0.3) is 0 Å². The van der Waals surface area contributed by atoms with E-state index in [1.54, 1.807) is 6.07 Å². The Labute approximate surface area is 194 Å². The number of aromatic nitrogens is 1. The molecule has 2 fully saturated rings. The Morgan fingerprint density at radius 1 is 1.17 bits per heavy atom. The van der Waals surface area contributed by atoms with Crippen molar-refractivity contribution in [2.75, 3.05) is 0 Å². The second kappa shape index (κ2) is 7.86. The molecule has 2 aliphatic carbocycles. The molecule has 1 unspecified atom stereocenters. The van der Waals surface area contributed by atoms with Crippen LogP contribution in [0.25, 0.3) is 10.9 Å². The van der Waals surface area contributed by atoms with Gasteiger partial charge in [-0.25, -0.2) is 4.39 Å². The molecule has 0 radical (unpaired) electrons. The fourth-order valence-corrected chi connectivity index (χ4v) is 5.88. The molecule has 1 spiro atoms. The zero-order valence-corrected chi connectivity index (χ0v) is 19.4. The highest BCUT2D eigenvalue weighted by Crippen LogP contribution is 2.63. The average molecular weight is 534 g/mol. The molecule has 5 rings (SSSR count). The smallest absolute Gasteiger partial charge is 0.140 e. The number of nitrogens with zero attached hydrogens (tertiary/aromatic N) is 1. The van der Waals surface area contributed by atoms with E-state index in [1.807, 2.05) is 65.2 Å². The lowest BCUT2D eigenvalue weighted by atomic mass is 9.74. The van der Waals surface area contributed by atoms with Gasteiger partial charge in [0.2, 0.25) is 0 Å². The van der Waals surface area contributed by atoms with Crippen LogP contribution < -0.4 is 0 Å². The molecule has 154 valence electrons. The fourth-order valence-electron chi connectivity index (χ4n) is 5.30. The lowest BCUT2D eigenvalue weighted by molar-refractivity contribution is -0.120. The Kier molecular flexibility index (Phi) is 5.34. The van der Waals surface area contributed by atoms with Gasteiger partial charge in [0.05, 0.1) is 9.09 Å². The molecular formula is C25H22ClFINO. The van der Waals surface area contributed by atoms with Crippen LogP contribution in [0.15, 0.2) is 48.7 Å². The van der Waals surface area contributed by atoms with Gasteiger partial charge in [-0.05, 0) is 107 Å². The summed E-state index contributed by atoms with van der Waals surface area (Å²) in [5, 5.41) is 1.63. The van der Waals surface area contributed by atoms with Crippen molar-refractivity contribution in [2.24, 2.45) is 11.3 Å². The molecule has 5 heteroatoms. The number of halogens is 3. The molecule has 30 heavy (non-hydrogen) atoms. The molecule has 1 aromatic heterocycles. The number of Topliss-reactive ketones (excluding diaryl/α,β-unsaturated/α-hetero) is 1. The summed E-state index contributed by atoms with van der Waals surface area (Å²) in [4.78, 5) is 17.3. The SMILES string of the molecule is O=C(Cc1ccc(Cl)cc1)C1CC12CCC(c1ccnc3cc(I)c(F)cc13)CC2. The summed E-state index contributed by atoms with van der Waals surface area (Å²) >= 11 is 7.96. The highest BCUT2D eigenvalue weighted by Gasteiger charge is 2.57. The van der Waals surface area contributed by atoms with E-state index in [-0.39, 0.29) is 17.2 Å². The van der Waals surface area contributed by atoms with E-state index in [4.69, 9.17) is 11.6 Å². The molecule has 2 saturated carbocycles. The lowest BCUT2D eigenvalue weighted by Gasteiger charge is -2.30. The van der Waals surface area contributed by atoms with Gasteiger partial charge in [-0.3, -0.25) is 9.78 Å². The van der Waals surface area contributed by atoms with Crippen LogP contribution >= 0.6 is 34.2 Å². The minimum absolute atomic E-state index is 0.181. The number of ketones is 1. The third kappa shape index (κ3) is 3.77. The standard InChI is InChI=1S/C25H22ClFINO/c26-17-3-1-15(2-4-17)11-24(30)20-14-25(20)8-5-16(6-9-25)18-7-10-29-23-13-22(28)21(27)12-19(18)23/h1-4,7,10,12-13,16,20H,5-6,8-9,11,14H2. The summed E-state index contributed by atoms with van der Waals surface area (Å²) in [7, 11) is 0. The minimum Gasteiger partial charge on any atom is -0.299 e. The summed E-state index contributed by atoms with van der Waals surface area (Å²) in [6.45, 7) is 0. The number of fused-ring (bicyclic) bond motifs is 1. The summed E-state index contributed by atoms with van der Waals surface area (Å²) < 4.78 is 14.8. The van der Waals surface area contributed by atoms with Gasteiger partial charge in [0.15, 0.2) is 0 Å². The second-order valence-corrected chi connectivity index (χ2v) is 10.4. The highest BCUT2D eigenvalue weighted by atomic mass is 127. The summed E-state index contributed by atoms with van der Waals surface area (Å²) in [5.41, 5.74) is 3.31. The van der Waals surface area contributed by atoms with Gasteiger partial charge in [-0.15, -0.1) is 0 Å². The minimum atomic E-state index is -0.181. The Bertz CT molecular complexity index is 1120. The molecule has 1 heterocycles. The summed E-state index contributed by atoms with van der Waals surface area (Å²) in [6, 6.07) is 13.1. The molecule has 2 aromatic carbocycles. The van der Waals surface area contributed by atoms with E-state index < -0.39 is 0 Å². The largest absolute Gasteiger partial charge is 0.299 e. The third-order valence-electron chi connectivity index (χ3n) is 7.11. The van der Waals surface area contributed by atoms with Crippen LogP contribution in [0.1, 0.15) is 49.1 Å². The molecule has 1 atom stereocenters. The second-order valence-electron chi connectivity index (χ2n) is 8.85. The van der Waals surface area contributed by atoms with E-state index in [2.05, 4.69) is 4.98 Å². The molecule has 2 nitrogen and oxygen atoms in total. The number of hydrogen-bond donors (Lipinski definition) is 0. The predicted octanol–water partition coefficient (Wildman–Crippen LogP) is 7.11. The van der Waals surface area contributed by atoms with Gasteiger partial charge in [-0.1, -0.05) is 23.7 Å². The van der Waals surface area contributed by atoms with Crippen molar-refractivity contribution in [1.29, 1.82) is 0 Å². The first-order valence-electron chi connectivity index (χ1n) is 10.5. The molecule has 0 aliphatic heterocycles. The molecule has 0 N–H and O–H groups in total. The fraction of sp³-hybridized carbons (Fsp3) is 0.360. The monoisotopic (exact) mass is 533 g/mol. The maximum Gasteiger partial charge on any atom is 0.140 e. The van der Waals surface area contributed by atoms with E-state index in [9.17, 15) is 9.18 Å². The predicted molar refractivity (Wildman–Crippen MR) is 126 cm³/mol. The Morgan fingerprint density at radius 2 is 1.90 bits per heavy atom. The van der Waals surface area contributed by atoms with Crippen LogP contribution in [-0.4, -0.2) is 10.8 Å².